The van der Waals surface area contributed by atoms with Crippen molar-refractivity contribution in [3.8, 4) is 5.75 Å². The molecule has 1 heterocycles. The van der Waals surface area contributed by atoms with Gasteiger partial charge in [0.2, 0.25) is 0 Å². The molecule has 0 aliphatic carbocycles. The molecule has 2 aromatic carbocycles. The van der Waals surface area contributed by atoms with Crippen molar-refractivity contribution < 1.29 is 28.7 Å². The van der Waals surface area contributed by atoms with Gasteiger partial charge in [0.05, 0.1) is 11.5 Å². The highest BCUT2D eigenvalue weighted by atomic mass is 32.2. The van der Waals surface area contributed by atoms with Crippen molar-refractivity contribution in [2.24, 2.45) is 0 Å². The summed E-state index contributed by atoms with van der Waals surface area (Å²) < 4.78 is 10.3. The molecule has 1 saturated heterocycles. The lowest BCUT2D eigenvalue weighted by Crippen LogP contribution is -2.34. The zero-order valence-corrected chi connectivity index (χ0v) is 17.5. The van der Waals surface area contributed by atoms with Gasteiger partial charge in [-0.05, 0) is 54.6 Å². The number of hydrogen-bond acceptors (Lipinski definition) is 7. The van der Waals surface area contributed by atoms with E-state index in [2.05, 4.69) is 5.32 Å². The lowest BCUT2D eigenvalue weighted by atomic mass is 10.2. The van der Waals surface area contributed by atoms with Gasteiger partial charge in [0, 0.05) is 5.69 Å². The average Bonchev–Trinajstić information content (AvgIpc) is 3.01. The Morgan fingerprint density at radius 3 is 2.61 bits per heavy atom. The van der Waals surface area contributed by atoms with Crippen LogP contribution in [0.1, 0.15) is 12.5 Å². The van der Waals surface area contributed by atoms with Crippen molar-refractivity contribution in [3.05, 3.63) is 65.1 Å². The van der Waals surface area contributed by atoms with Crippen molar-refractivity contribution in [2.75, 3.05) is 25.1 Å². The summed E-state index contributed by atoms with van der Waals surface area (Å²) in [4.78, 5) is 49.2. The molecule has 0 aromatic heterocycles. The molecular formula is C22H20N2O6S. The Kier molecular flexibility index (Phi) is 7.45. The van der Waals surface area contributed by atoms with E-state index in [1.54, 1.807) is 43.3 Å². The molecule has 0 spiro atoms. The van der Waals surface area contributed by atoms with Crippen molar-refractivity contribution in [3.63, 3.8) is 0 Å². The fourth-order valence-electron chi connectivity index (χ4n) is 2.68. The van der Waals surface area contributed by atoms with Crippen LogP contribution < -0.4 is 10.1 Å². The van der Waals surface area contributed by atoms with Gasteiger partial charge in [-0.15, -0.1) is 0 Å². The number of amides is 3. The highest BCUT2D eigenvalue weighted by molar-refractivity contribution is 8.18. The minimum Gasteiger partial charge on any atom is -0.484 e. The SMILES string of the molecule is CCOC(=O)CN1C(=O)S/C(=C\c2cccc(OCC(=O)Nc3ccccc3)c2)C1=O. The van der Waals surface area contributed by atoms with Crippen molar-refractivity contribution in [1.82, 2.24) is 4.90 Å². The summed E-state index contributed by atoms with van der Waals surface area (Å²) in [6.45, 7) is 1.21. The molecule has 1 aliphatic heterocycles. The molecule has 0 unspecified atom stereocenters. The van der Waals surface area contributed by atoms with Gasteiger partial charge >= 0.3 is 5.97 Å². The van der Waals surface area contributed by atoms with E-state index < -0.39 is 23.7 Å². The van der Waals surface area contributed by atoms with Gasteiger partial charge in [0.1, 0.15) is 12.3 Å². The second-order valence-corrected chi connectivity index (χ2v) is 7.34. The normalized spacial score (nSPS) is 14.6. The van der Waals surface area contributed by atoms with Crippen molar-refractivity contribution in [1.29, 1.82) is 0 Å². The Balaban J connectivity index is 1.61. The van der Waals surface area contributed by atoms with Crippen LogP contribution in [0.5, 0.6) is 5.75 Å². The number of imide groups is 1. The summed E-state index contributed by atoms with van der Waals surface area (Å²) in [5.41, 5.74) is 1.28. The first kappa shape index (κ1) is 22.1. The lowest BCUT2D eigenvalue weighted by molar-refractivity contribution is -0.146. The number of hydrogen-bond donors (Lipinski definition) is 1. The Morgan fingerprint density at radius 1 is 1.10 bits per heavy atom. The number of esters is 1. The van der Waals surface area contributed by atoms with E-state index >= 15 is 0 Å². The smallest absolute Gasteiger partial charge is 0.326 e. The van der Waals surface area contributed by atoms with E-state index in [0.29, 0.717) is 17.0 Å². The molecular weight excluding hydrogens is 420 g/mol. The molecule has 3 rings (SSSR count). The molecule has 1 N–H and O–H groups in total. The number of benzene rings is 2. The van der Waals surface area contributed by atoms with Gasteiger partial charge in [-0.25, -0.2) is 0 Å². The first-order valence-corrected chi connectivity index (χ1v) is 10.3. The average molecular weight is 440 g/mol. The van der Waals surface area contributed by atoms with Crippen LogP contribution in [0.3, 0.4) is 0 Å². The van der Waals surface area contributed by atoms with Gasteiger partial charge in [-0.1, -0.05) is 30.3 Å². The molecule has 0 bridgehead atoms. The summed E-state index contributed by atoms with van der Waals surface area (Å²) in [7, 11) is 0. The fraction of sp³-hybridized carbons (Fsp3) is 0.182. The molecule has 8 nitrogen and oxygen atoms in total. The number of para-hydroxylation sites is 1. The van der Waals surface area contributed by atoms with Crippen molar-refractivity contribution >= 4 is 46.5 Å². The largest absolute Gasteiger partial charge is 0.484 e. The maximum Gasteiger partial charge on any atom is 0.326 e. The third-order valence-electron chi connectivity index (χ3n) is 4.05. The minimum absolute atomic E-state index is 0.168. The molecule has 0 saturated carbocycles. The number of carbonyl (C=O) groups is 4. The van der Waals surface area contributed by atoms with Crippen LogP contribution in [0.4, 0.5) is 10.5 Å². The maximum atomic E-state index is 12.5. The molecule has 1 aliphatic rings. The third-order valence-corrected chi connectivity index (χ3v) is 4.96. The Labute approximate surface area is 183 Å². The second kappa shape index (κ2) is 10.4. The van der Waals surface area contributed by atoms with Crippen molar-refractivity contribution in [2.45, 2.75) is 6.92 Å². The Hall–Kier alpha value is -3.59. The molecule has 9 heteroatoms. The molecule has 160 valence electrons. The summed E-state index contributed by atoms with van der Waals surface area (Å²) in [6, 6.07) is 15.8. The second-order valence-electron chi connectivity index (χ2n) is 6.35. The third kappa shape index (κ3) is 6.19. The Bertz CT molecular complexity index is 1020. The molecule has 0 atom stereocenters. The van der Waals surface area contributed by atoms with Gasteiger partial charge < -0.3 is 14.8 Å². The number of carbonyl (C=O) groups excluding carboxylic acids is 4. The van der Waals surface area contributed by atoms with Crippen LogP contribution in [0.2, 0.25) is 0 Å². The number of nitrogens with zero attached hydrogens (tertiary/aromatic N) is 1. The number of nitrogens with one attached hydrogen (secondary N) is 1. The maximum absolute atomic E-state index is 12.5. The molecule has 31 heavy (non-hydrogen) atoms. The molecule has 3 amide bonds. The van der Waals surface area contributed by atoms with Gasteiger partial charge in [-0.3, -0.25) is 24.1 Å². The van der Waals surface area contributed by atoms with E-state index in [-0.39, 0.29) is 24.0 Å². The van der Waals surface area contributed by atoms with E-state index in [1.807, 2.05) is 18.2 Å². The first-order chi connectivity index (χ1) is 15.0. The van der Waals surface area contributed by atoms with Crippen LogP contribution in [0, 0.1) is 0 Å². The topological polar surface area (TPSA) is 102 Å². The van der Waals surface area contributed by atoms with E-state index in [4.69, 9.17) is 9.47 Å². The van der Waals surface area contributed by atoms with Gasteiger partial charge in [0.15, 0.2) is 6.61 Å². The number of ether oxygens (including phenoxy) is 2. The Morgan fingerprint density at radius 2 is 1.87 bits per heavy atom. The van der Waals surface area contributed by atoms with Crippen LogP contribution in [0.25, 0.3) is 6.08 Å². The van der Waals surface area contributed by atoms with E-state index in [0.717, 1.165) is 16.7 Å². The quantitative estimate of drug-likeness (QED) is 0.496. The summed E-state index contributed by atoms with van der Waals surface area (Å²) in [5.74, 6) is -1.08. The fourth-order valence-corrected chi connectivity index (χ4v) is 3.52. The van der Waals surface area contributed by atoms with Gasteiger partial charge in [0.25, 0.3) is 17.1 Å². The predicted molar refractivity (Wildman–Crippen MR) is 116 cm³/mol. The summed E-state index contributed by atoms with van der Waals surface area (Å²) >= 11 is 0.748. The highest BCUT2D eigenvalue weighted by Crippen LogP contribution is 2.32. The van der Waals surface area contributed by atoms with Gasteiger partial charge in [-0.2, -0.15) is 0 Å². The van der Waals surface area contributed by atoms with Crippen LogP contribution in [-0.2, 0) is 19.1 Å². The molecule has 0 radical (unpaired) electrons. The lowest BCUT2D eigenvalue weighted by Gasteiger charge is -2.10. The zero-order valence-electron chi connectivity index (χ0n) is 16.7. The number of thioether (sulfide) groups is 1. The molecule has 1 fully saturated rings. The summed E-state index contributed by atoms with van der Waals surface area (Å²) in [6.07, 6.45) is 1.53. The van der Waals surface area contributed by atoms with E-state index in [1.165, 1.54) is 6.08 Å². The highest BCUT2D eigenvalue weighted by Gasteiger charge is 2.36. The number of anilines is 1. The monoisotopic (exact) mass is 440 g/mol. The first-order valence-electron chi connectivity index (χ1n) is 9.45. The van der Waals surface area contributed by atoms with Crippen LogP contribution in [-0.4, -0.2) is 47.7 Å². The number of rotatable bonds is 8. The molecule has 2 aromatic rings. The summed E-state index contributed by atoms with van der Waals surface area (Å²) in [5, 5.41) is 2.19. The zero-order chi connectivity index (χ0) is 22.2. The van der Waals surface area contributed by atoms with E-state index in [9.17, 15) is 19.2 Å². The predicted octanol–water partition coefficient (Wildman–Crippen LogP) is 3.30. The minimum atomic E-state index is -0.643. The van der Waals surface area contributed by atoms with Crippen LogP contribution in [0.15, 0.2) is 59.5 Å². The van der Waals surface area contributed by atoms with Crippen LogP contribution >= 0.6 is 11.8 Å². The standard InChI is InChI=1S/C22H20N2O6S/c1-2-29-20(26)13-24-21(27)18(31-22(24)28)12-15-7-6-10-17(11-15)30-14-19(25)23-16-8-4-3-5-9-16/h3-12H,2,13-14H2,1H3,(H,23,25)/b18-12-.